The molecule has 0 fully saturated rings. The molecule has 0 aliphatic heterocycles. The van der Waals surface area contributed by atoms with E-state index in [1.54, 1.807) is 37.3 Å². The van der Waals surface area contributed by atoms with Crippen molar-refractivity contribution >= 4 is 23.4 Å². The van der Waals surface area contributed by atoms with E-state index in [1.807, 2.05) is 13.8 Å². The topological polar surface area (TPSA) is 96.7 Å². The molecule has 3 amide bonds. The number of amides is 3. The van der Waals surface area contributed by atoms with Crippen molar-refractivity contribution in [1.82, 2.24) is 10.1 Å². The zero-order valence-electron chi connectivity index (χ0n) is 15.9. The maximum absolute atomic E-state index is 12.6. The van der Waals surface area contributed by atoms with Crippen molar-refractivity contribution < 1.29 is 18.8 Å². The first-order valence-corrected chi connectivity index (χ1v) is 9.03. The zero-order valence-corrected chi connectivity index (χ0v) is 15.9. The normalized spacial score (nSPS) is 10.3. The number of aryl methyl sites for hydroxylation is 1. The van der Waals surface area contributed by atoms with Gasteiger partial charge in [0.1, 0.15) is 18.1 Å². The van der Waals surface area contributed by atoms with Crippen LogP contribution in [0, 0.1) is 6.92 Å². The minimum atomic E-state index is -0.334. The first-order valence-electron chi connectivity index (χ1n) is 9.03. The molecule has 0 atom stereocenters. The molecule has 0 unspecified atom stereocenters. The van der Waals surface area contributed by atoms with Crippen LogP contribution in [0.1, 0.15) is 32.4 Å². The van der Waals surface area contributed by atoms with E-state index in [0.717, 1.165) is 18.6 Å². The molecule has 0 bridgehead atoms. The summed E-state index contributed by atoms with van der Waals surface area (Å²) in [7, 11) is 0. The predicted octanol–water partition coefficient (Wildman–Crippen LogP) is 3.65. The van der Waals surface area contributed by atoms with Gasteiger partial charge in [-0.05, 0) is 44.5 Å². The number of rotatable bonds is 9. The molecule has 146 valence electrons. The van der Waals surface area contributed by atoms with E-state index >= 15 is 0 Å². The molecule has 0 saturated carbocycles. The fraction of sp³-hybridized carbons (Fsp3) is 0.421. The molecule has 2 rings (SSSR count). The highest BCUT2D eigenvalue weighted by Crippen LogP contribution is 2.16. The standard InChI is InChI=1S/C19H26N4O4/c1-4-6-11-23(13-18(24)21-17-12-14(3)27-22-17)19(25)20-15-7-9-16(10-8-15)26-5-2/h7-10,12H,4-6,11,13H2,1-3H3,(H,20,25)(H,21,22,24). The summed E-state index contributed by atoms with van der Waals surface area (Å²) in [5.74, 6) is 1.34. The van der Waals surface area contributed by atoms with E-state index < -0.39 is 0 Å². The van der Waals surface area contributed by atoms with Crippen molar-refractivity contribution in [2.24, 2.45) is 0 Å². The Balaban J connectivity index is 1.96. The Morgan fingerprint density at radius 1 is 1.19 bits per heavy atom. The van der Waals surface area contributed by atoms with E-state index in [9.17, 15) is 9.59 Å². The molecule has 2 aromatic rings. The quantitative estimate of drug-likeness (QED) is 0.698. The van der Waals surface area contributed by atoms with Crippen LogP contribution in [0.5, 0.6) is 5.75 Å². The number of benzene rings is 1. The van der Waals surface area contributed by atoms with Crippen molar-refractivity contribution in [2.45, 2.75) is 33.6 Å². The lowest BCUT2D eigenvalue weighted by Crippen LogP contribution is -2.41. The fourth-order valence-corrected chi connectivity index (χ4v) is 2.39. The second-order valence-electron chi connectivity index (χ2n) is 6.03. The molecule has 0 aliphatic rings. The Bertz CT molecular complexity index is 742. The third kappa shape index (κ3) is 6.65. The molecule has 1 aromatic heterocycles. The molecule has 27 heavy (non-hydrogen) atoms. The number of ether oxygens (including phenoxy) is 1. The Hall–Kier alpha value is -3.03. The number of aromatic nitrogens is 1. The number of nitrogens with zero attached hydrogens (tertiary/aromatic N) is 2. The third-order valence-corrected chi connectivity index (χ3v) is 3.72. The monoisotopic (exact) mass is 374 g/mol. The summed E-state index contributed by atoms with van der Waals surface area (Å²) >= 11 is 0. The van der Waals surface area contributed by atoms with E-state index in [1.165, 1.54) is 4.90 Å². The lowest BCUT2D eigenvalue weighted by atomic mass is 10.3. The molecule has 1 heterocycles. The summed E-state index contributed by atoms with van der Waals surface area (Å²) in [6, 6.07) is 8.38. The van der Waals surface area contributed by atoms with Crippen LogP contribution in [0.15, 0.2) is 34.9 Å². The van der Waals surface area contributed by atoms with Crippen LogP contribution in [0.4, 0.5) is 16.3 Å². The highest BCUT2D eigenvalue weighted by atomic mass is 16.5. The van der Waals surface area contributed by atoms with Crippen molar-refractivity contribution in [3.63, 3.8) is 0 Å². The third-order valence-electron chi connectivity index (χ3n) is 3.72. The van der Waals surface area contributed by atoms with Crippen LogP contribution in [0.25, 0.3) is 0 Å². The summed E-state index contributed by atoms with van der Waals surface area (Å²) in [5, 5.41) is 9.16. The number of hydrogen-bond acceptors (Lipinski definition) is 5. The van der Waals surface area contributed by atoms with E-state index in [4.69, 9.17) is 9.26 Å². The molecule has 2 N–H and O–H groups in total. The van der Waals surface area contributed by atoms with Gasteiger partial charge in [-0.1, -0.05) is 18.5 Å². The predicted molar refractivity (Wildman–Crippen MR) is 103 cm³/mol. The van der Waals surface area contributed by atoms with E-state index in [0.29, 0.717) is 30.4 Å². The number of nitrogens with one attached hydrogen (secondary N) is 2. The summed E-state index contributed by atoms with van der Waals surface area (Å²) in [5.41, 5.74) is 0.637. The molecule has 0 aliphatic carbocycles. The number of hydrogen-bond donors (Lipinski definition) is 2. The van der Waals surface area contributed by atoms with Crippen LogP contribution in [0.2, 0.25) is 0 Å². The van der Waals surface area contributed by atoms with Gasteiger partial charge in [0.2, 0.25) is 5.91 Å². The number of urea groups is 1. The van der Waals surface area contributed by atoms with Gasteiger partial charge in [-0.15, -0.1) is 0 Å². The molecule has 0 radical (unpaired) electrons. The summed E-state index contributed by atoms with van der Waals surface area (Å²) < 4.78 is 10.3. The first-order chi connectivity index (χ1) is 13.0. The summed E-state index contributed by atoms with van der Waals surface area (Å²) in [6.07, 6.45) is 1.71. The largest absolute Gasteiger partial charge is 0.494 e. The van der Waals surface area contributed by atoms with E-state index in [-0.39, 0.29) is 18.5 Å². The first kappa shape index (κ1) is 20.3. The number of anilines is 2. The maximum Gasteiger partial charge on any atom is 0.322 e. The van der Waals surface area contributed by atoms with Gasteiger partial charge in [-0.2, -0.15) is 0 Å². The Morgan fingerprint density at radius 3 is 2.52 bits per heavy atom. The van der Waals surface area contributed by atoms with Gasteiger partial charge in [0.15, 0.2) is 5.82 Å². The minimum Gasteiger partial charge on any atom is -0.494 e. The van der Waals surface area contributed by atoms with Gasteiger partial charge in [0.05, 0.1) is 6.61 Å². The van der Waals surface area contributed by atoms with Gasteiger partial charge >= 0.3 is 6.03 Å². The number of unbranched alkanes of at least 4 members (excludes halogenated alkanes) is 1. The van der Waals surface area contributed by atoms with Crippen LogP contribution in [0.3, 0.4) is 0 Å². The van der Waals surface area contributed by atoms with Gasteiger partial charge in [-0.25, -0.2) is 4.79 Å². The van der Waals surface area contributed by atoms with Crippen molar-refractivity contribution in [3.8, 4) is 5.75 Å². The second kappa shape index (κ2) is 10.2. The van der Waals surface area contributed by atoms with Crippen LogP contribution >= 0.6 is 0 Å². The molecule has 1 aromatic carbocycles. The molecule has 8 nitrogen and oxygen atoms in total. The van der Waals surface area contributed by atoms with E-state index in [2.05, 4.69) is 15.8 Å². The van der Waals surface area contributed by atoms with Gasteiger partial charge in [0, 0.05) is 18.3 Å². The van der Waals surface area contributed by atoms with Gasteiger partial charge < -0.3 is 24.8 Å². The fourth-order valence-electron chi connectivity index (χ4n) is 2.39. The minimum absolute atomic E-state index is 0.0746. The molecular formula is C19H26N4O4. The lowest BCUT2D eigenvalue weighted by Gasteiger charge is -2.22. The van der Waals surface area contributed by atoms with Crippen molar-refractivity contribution in [2.75, 3.05) is 30.3 Å². The SMILES string of the molecule is CCCCN(CC(=O)Nc1cc(C)on1)C(=O)Nc1ccc(OCC)cc1. The average Bonchev–Trinajstić information content (AvgIpc) is 3.05. The van der Waals surface area contributed by atoms with Crippen LogP contribution in [-0.4, -0.2) is 41.7 Å². The molecule has 8 heteroatoms. The van der Waals surface area contributed by atoms with Crippen molar-refractivity contribution in [3.05, 3.63) is 36.1 Å². The van der Waals surface area contributed by atoms with Crippen LogP contribution in [-0.2, 0) is 4.79 Å². The average molecular weight is 374 g/mol. The second-order valence-corrected chi connectivity index (χ2v) is 6.03. The highest BCUT2D eigenvalue weighted by Gasteiger charge is 2.18. The Morgan fingerprint density at radius 2 is 1.93 bits per heavy atom. The number of carbonyl (C=O) groups excluding carboxylic acids is 2. The van der Waals surface area contributed by atoms with Gasteiger partial charge in [-0.3, -0.25) is 4.79 Å². The zero-order chi connectivity index (χ0) is 19.6. The smallest absolute Gasteiger partial charge is 0.322 e. The Kier molecular flexibility index (Phi) is 7.66. The summed E-state index contributed by atoms with van der Waals surface area (Å²) in [4.78, 5) is 26.3. The Labute approximate surface area is 158 Å². The number of carbonyl (C=O) groups is 2. The summed E-state index contributed by atoms with van der Waals surface area (Å²) in [6.45, 7) is 6.66. The van der Waals surface area contributed by atoms with Gasteiger partial charge in [0.25, 0.3) is 0 Å². The molecule has 0 saturated heterocycles. The van der Waals surface area contributed by atoms with Crippen LogP contribution < -0.4 is 15.4 Å². The molecular weight excluding hydrogens is 348 g/mol. The highest BCUT2D eigenvalue weighted by molar-refractivity contribution is 5.96. The maximum atomic E-state index is 12.6. The van der Waals surface area contributed by atoms with Crippen molar-refractivity contribution in [1.29, 1.82) is 0 Å². The molecule has 0 spiro atoms. The lowest BCUT2D eigenvalue weighted by molar-refractivity contribution is -0.116.